The lowest BCUT2D eigenvalue weighted by Gasteiger charge is -2.20. The zero-order chi connectivity index (χ0) is 25.2. The molecule has 0 radical (unpaired) electrons. The minimum absolute atomic E-state index is 0.114. The van der Waals surface area contributed by atoms with Crippen LogP contribution in [-0.2, 0) is 0 Å². The van der Waals surface area contributed by atoms with E-state index in [4.69, 9.17) is 34.8 Å². The molecule has 1 atom stereocenters. The van der Waals surface area contributed by atoms with Gasteiger partial charge in [-0.05, 0) is 48.0 Å². The molecule has 0 aliphatic heterocycles. The second kappa shape index (κ2) is 9.99. The summed E-state index contributed by atoms with van der Waals surface area (Å²) in [5.74, 6) is -0.525. The van der Waals surface area contributed by atoms with Gasteiger partial charge in [-0.2, -0.15) is 5.26 Å². The van der Waals surface area contributed by atoms with Gasteiger partial charge in [0.15, 0.2) is 0 Å². The van der Waals surface area contributed by atoms with E-state index in [-0.39, 0.29) is 11.3 Å². The SMILES string of the molecule is N#Cc1cnc2c(Cl)cc(N[C@@H](c3ccc(Cl)cc3)c3c[nH]nn3)cc2c1Nc1cc(Cl)ccc1F. The van der Waals surface area contributed by atoms with E-state index in [1.165, 1.54) is 24.4 Å². The largest absolute Gasteiger partial charge is 0.373 e. The van der Waals surface area contributed by atoms with Crippen molar-refractivity contribution in [1.82, 2.24) is 20.4 Å². The van der Waals surface area contributed by atoms with Gasteiger partial charge < -0.3 is 10.6 Å². The number of H-pyrrole nitrogens is 1. The number of pyridine rings is 1. The molecule has 0 amide bonds. The number of aromatic amines is 1. The van der Waals surface area contributed by atoms with Crippen molar-refractivity contribution < 1.29 is 4.39 Å². The minimum atomic E-state index is -0.525. The molecule has 0 spiro atoms. The van der Waals surface area contributed by atoms with Crippen molar-refractivity contribution in [3.05, 3.63) is 105 Å². The van der Waals surface area contributed by atoms with E-state index in [2.05, 4.69) is 37.1 Å². The number of rotatable bonds is 6. The number of nitriles is 1. The summed E-state index contributed by atoms with van der Waals surface area (Å²) in [6.45, 7) is 0. The van der Waals surface area contributed by atoms with Crippen molar-refractivity contribution in [3.63, 3.8) is 0 Å². The lowest BCUT2D eigenvalue weighted by molar-refractivity contribution is 0.632. The zero-order valence-corrected chi connectivity index (χ0v) is 20.5. The highest BCUT2D eigenvalue weighted by atomic mass is 35.5. The second-order valence-corrected chi connectivity index (χ2v) is 9.07. The van der Waals surface area contributed by atoms with Crippen LogP contribution in [0, 0.1) is 17.1 Å². The number of nitrogens with one attached hydrogen (secondary N) is 3. The summed E-state index contributed by atoms with van der Waals surface area (Å²) >= 11 is 18.7. The summed E-state index contributed by atoms with van der Waals surface area (Å²) in [4.78, 5) is 4.35. The van der Waals surface area contributed by atoms with Crippen molar-refractivity contribution in [1.29, 1.82) is 5.26 Å². The van der Waals surface area contributed by atoms with E-state index in [0.29, 0.717) is 43.0 Å². The van der Waals surface area contributed by atoms with Crippen LogP contribution in [0.1, 0.15) is 22.9 Å². The highest BCUT2D eigenvalue weighted by molar-refractivity contribution is 6.36. The van der Waals surface area contributed by atoms with Crippen LogP contribution >= 0.6 is 34.8 Å². The van der Waals surface area contributed by atoms with E-state index in [1.54, 1.807) is 30.5 Å². The van der Waals surface area contributed by atoms with Crippen molar-refractivity contribution in [2.45, 2.75) is 6.04 Å². The number of nitrogens with zero attached hydrogens (tertiary/aromatic N) is 4. The first kappa shape index (κ1) is 23.8. The Balaban J connectivity index is 1.63. The van der Waals surface area contributed by atoms with Gasteiger partial charge in [0.1, 0.15) is 17.6 Å². The average Bonchev–Trinajstić information content (AvgIpc) is 3.40. The third kappa shape index (κ3) is 4.77. The number of fused-ring (bicyclic) bond motifs is 1. The van der Waals surface area contributed by atoms with Gasteiger partial charge in [0.2, 0.25) is 0 Å². The predicted molar refractivity (Wildman–Crippen MR) is 139 cm³/mol. The van der Waals surface area contributed by atoms with Crippen LogP contribution in [0.3, 0.4) is 0 Å². The molecule has 0 aliphatic rings. The van der Waals surface area contributed by atoms with Crippen LogP contribution < -0.4 is 10.6 Å². The summed E-state index contributed by atoms with van der Waals surface area (Å²) in [5, 5.41) is 28.6. The van der Waals surface area contributed by atoms with Gasteiger partial charge in [0, 0.05) is 33.5 Å². The summed E-state index contributed by atoms with van der Waals surface area (Å²) < 4.78 is 14.5. The van der Waals surface area contributed by atoms with Gasteiger partial charge in [-0.1, -0.05) is 52.1 Å². The quantitative estimate of drug-likeness (QED) is 0.210. The molecule has 0 aliphatic carbocycles. The summed E-state index contributed by atoms with van der Waals surface area (Å²) in [7, 11) is 0. The van der Waals surface area contributed by atoms with Gasteiger partial charge in [0.25, 0.3) is 0 Å². The van der Waals surface area contributed by atoms with Crippen molar-refractivity contribution >= 4 is 62.8 Å². The van der Waals surface area contributed by atoms with Crippen LogP contribution in [0.4, 0.5) is 21.5 Å². The molecule has 3 aromatic carbocycles. The smallest absolute Gasteiger partial charge is 0.146 e. The van der Waals surface area contributed by atoms with Gasteiger partial charge in [-0.3, -0.25) is 10.1 Å². The molecule has 0 saturated carbocycles. The molecule has 2 aromatic heterocycles. The Morgan fingerprint density at radius 2 is 1.78 bits per heavy atom. The Morgan fingerprint density at radius 1 is 1.00 bits per heavy atom. The van der Waals surface area contributed by atoms with Crippen molar-refractivity contribution in [2.75, 3.05) is 10.6 Å². The van der Waals surface area contributed by atoms with Gasteiger partial charge in [-0.25, -0.2) is 4.39 Å². The predicted octanol–water partition coefficient (Wildman–Crippen LogP) is 7.27. The van der Waals surface area contributed by atoms with E-state index < -0.39 is 11.9 Å². The molecular weight excluding hydrogens is 524 g/mol. The number of aromatic nitrogens is 4. The van der Waals surface area contributed by atoms with Crippen LogP contribution in [0.15, 0.2) is 67.0 Å². The van der Waals surface area contributed by atoms with E-state index in [0.717, 1.165) is 5.56 Å². The first-order valence-corrected chi connectivity index (χ1v) is 11.7. The third-order valence-electron chi connectivity index (χ3n) is 5.48. The molecule has 2 heterocycles. The minimum Gasteiger partial charge on any atom is -0.373 e. The van der Waals surface area contributed by atoms with E-state index >= 15 is 0 Å². The molecule has 11 heteroatoms. The molecule has 178 valence electrons. The Morgan fingerprint density at radius 3 is 2.50 bits per heavy atom. The lowest BCUT2D eigenvalue weighted by atomic mass is 10.0. The topological polar surface area (TPSA) is 102 Å². The number of hydrogen-bond donors (Lipinski definition) is 3. The maximum absolute atomic E-state index is 14.5. The number of benzene rings is 3. The van der Waals surface area contributed by atoms with Gasteiger partial charge in [0.05, 0.1) is 33.5 Å². The first-order chi connectivity index (χ1) is 17.4. The summed E-state index contributed by atoms with van der Waals surface area (Å²) in [6, 6.07) is 16.6. The fourth-order valence-corrected chi connectivity index (χ4v) is 4.36. The Hall–Kier alpha value is -3.90. The molecule has 0 saturated heterocycles. The average molecular weight is 539 g/mol. The van der Waals surface area contributed by atoms with Crippen molar-refractivity contribution in [3.8, 4) is 6.07 Å². The Labute approximate surface area is 219 Å². The molecule has 5 aromatic rings. The van der Waals surface area contributed by atoms with Crippen LogP contribution in [0.25, 0.3) is 10.9 Å². The van der Waals surface area contributed by atoms with Crippen molar-refractivity contribution in [2.24, 2.45) is 0 Å². The number of halogens is 4. The Bertz CT molecular complexity index is 1600. The maximum atomic E-state index is 14.5. The van der Waals surface area contributed by atoms with Crippen LogP contribution in [0.2, 0.25) is 15.1 Å². The number of anilines is 3. The van der Waals surface area contributed by atoms with E-state index in [9.17, 15) is 9.65 Å². The lowest BCUT2D eigenvalue weighted by Crippen LogP contribution is -2.13. The Kier molecular flexibility index (Phi) is 6.61. The third-order valence-corrected chi connectivity index (χ3v) is 6.25. The number of hydrogen-bond acceptors (Lipinski definition) is 6. The molecule has 0 fully saturated rings. The fourth-order valence-electron chi connectivity index (χ4n) is 3.79. The van der Waals surface area contributed by atoms with Crippen LogP contribution in [-0.4, -0.2) is 20.4 Å². The monoisotopic (exact) mass is 537 g/mol. The first-order valence-electron chi connectivity index (χ1n) is 10.6. The van der Waals surface area contributed by atoms with Crippen LogP contribution in [0.5, 0.6) is 0 Å². The maximum Gasteiger partial charge on any atom is 0.146 e. The molecule has 7 nitrogen and oxygen atoms in total. The molecule has 0 bridgehead atoms. The summed E-state index contributed by atoms with van der Waals surface area (Å²) in [6.07, 6.45) is 3.07. The highest BCUT2D eigenvalue weighted by Gasteiger charge is 2.20. The second-order valence-electron chi connectivity index (χ2n) is 7.79. The van der Waals surface area contributed by atoms with Gasteiger partial charge in [-0.15, -0.1) is 5.10 Å². The van der Waals surface area contributed by atoms with E-state index in [1.807, 2.05) is 12.1 Å². The summed E-state index contributed by atoms with van der Waals surface area (Å²) in [5.41, 5.74) is 3.24. The molecular formula is C25H15Cl3FN7. The molecule has 0 unspecified atom stereocenters. The zero-order valence-electron chi connectivity index (χ0n) is 18.2. The highest BCUT2D eigenvalue weighted by Crippen LogP contribution is 2.37. The normalized spacial score (nSPS) is 11.8. The fraction of sp³-hybridized carbons (Fsp3) is 0.0400. The molecule has 3 N–H and O–H groups in total. The standard InChI is InChI=1S/C25H15Cl3FN7/c26-15-3-1-13(2-4-15)24(22-12-32-36-35-22)33-17-8-18-23(34-21-7-16(27)5-6-20(21)29)14(10-30)11-31-25(18)19(28)9-17/h1-9,11-12,24,33H,(H,31,34)(H,32,35,36)/t24-/m0/s1. The molecule has 36 heavy (non-hydrogen) atoms. The van der Waals surface area contributed by atoms with Gasteiger partial charge >= 0.3 is 0 Å². The molecule has 5 rings (SSSR count).